The van der Waals surface area contributed by atoms with Crippen molar-refractivity contribution in [1.82, 2.24) is 20.1 Å². The van der Waals surface area contributed by atoms with Crippen LogP contribution in [0, 0.1) is 5.41 Å². The van der Waals surface area contributed by atoms with Gasteiger partial charge in [-0.25, -0.2) is 9.80 Å². The van der Waals surface area contributed by atoms with Crippen molar-refractivity contribution in [2.24, 2.45) is 5.10 Å². The smallest absolute Gasteiger partial charge is 0.352 e. The largest absolute Gasteiger partial charge is 0.477 e. The van der Waals surface area contributed by atoms with E-state index in [1.807, 2.05) is 11.8 Å². The summed E-state index contributed by atoms with van der Waals surface area (Å²) in [4.78, 5) is 26.8. The Hall–Kier alpha value is -2.07. The van der Waals surface area contributed by atoms with Crippen molar-refractivity contribution < 1.29 is 14.7 Å². The molecule has 0 aliphatic carbocycles. The van der Waals surface area contributed by atoms with Crippen LogP contribution in [0.15, 0.2) is 16.9 Å². The van der Waals surface area contributed by atoms with Gasteiger partial charge in [-0.15, -0.1) is 11.8 Å². The van der Waals surface area contributed by atoms with Crippen LogP contribution in [0.2, 0.25) is 0 Å². The number of carbonyl (C=O) groups is 2. The van der Waals surface area contributed by atoms with E-state index in [1.54, 1.807) is 13.1 Å². The Labute approximate surface area is 143 Å². The molecule has 2 saturated heterocycles. The third-order valence-electron chi connectivity index (χ3n) is 4.10. The number of guanidine groups is 1. The molecule has 1 amide bonds. The van der Waals surface area contributed by atoms with Crippen LogP contribution < -0.4 is 5.32 Å². The minimum Gasteiger partial charge on any atom is -0.477 e. The maximum Gasteiger partial charge on any atom is 0.352 e. The van der Waals surface area contributed by atoms with E-state index >= 15 is 0 Å². The second kappa shape index (κ2) is 6.44. The fourth-order valence-electron chi connectivity index (χ4n) is 2.85. The molecule has 0 aromatic heterocycles. The van der Waals surface area contributed by atoms with Crippen molar-refractivity contribution >= 4 is 35.3 Å². The maximum absolute atomic E-state index is 12.3. The number of fused-ring (bicyclic) bond motifs is 1. The topological polar surface area (TPSA) is 112 Å². The number of hydrogen-bond donors (Lipinski definition) is 3. The quantitative estimate of drug-likeness (QED) is 0.263. The normalized spacial score (nSPS) is 28.2. The van der Waals surface area contributed by atoms with E-state index in [0.29, 0.717) is 5.71 Å². The molecule has 3 aliphatic heterocycles. The third-order valence-corrected chi connectivity index (χ3v) is 5.36. The summed E-state index contributed by atoms with van der Waals surface area (Å²) < 4.78 is 0. The van der Waals surface area contributed by atoms with E-state index in [4.69, 9.17) is 5.41 Å². The maximum atomic E-state index is 12.3. The highest BCUT2D eigenvalue weighted by molar-refractivity contribution is 8.01. The first-order valence-corrected chi connectivity index (χ1v) is 8.65. The van der Waals surface area contributed by atoms with Gasteiger partial charge in [0.25, 0.3) is 5.91 Å². The SMILES string of the molecule is CC1C=C(C(=O)O)N2C(=O)/C(=N\N(C)C(=N)N3CCNCC3)[C@H]2S1. The molecule has 3 aliphatic rings. The number of piperazine rings is 1. The Morgan fingerprint density at radius 2 is 2.17 bits per heavy atom. The van der Waals surface area contributed by atoms with Gasteiger partial charge < -0.3 is 15.3 Å². The number of nitrogens with zero attached hydrogens (tertiary/aromatic N) is 4. The predicted molar refractivity (Wildman–Crippen MR) is 90.8 cm³/mol. The lowest BCUT2D eigenvalue weighted by Crippen LogP contribution is -2.63. The molecule has 24 heavy (non-hydrogen) atoms. The zero-order valence-corrected chi connectivity index (χ0v) is 14.3. The van der Waals surface area contributed by atoms with Gasteiger partial charge >= 0.3 is 5.97 Å². The van der Waals surface area contributed by atoms with Crippen LogP contribution in [-0.4, -0.2) is 87.3 Å². The average Bonchev–Trinajstić information content (AvgIpc) is 2.58. The Balaban J connectivity index is 1.75. The molecule has 2 fully saturated rings. The van der Waals surface area contributed by atoms with Crippen LogP contribution in [0.3, 0.4) is 0 Å². The summed E-state index contributed by atoms with van der Waals surface area (Å²) in [5.41, 5.74) is 0.302. The van der Waals surface area contributed by atoms with Gasteiger partial charge in [0, 0.05) is 38.5 Å². The Morgan fingerprint density at radius 1 is 1.50 bits per heavy atom. The fraction of sp³-hybridized carbons (Fsp3) is 0.571. The lowest BCUT2D eigenvalue weighted by atomic mass is 10.1. The predicted octanol–water partition coefficient (Wildman–Crippen LogP) is -0.614. The fourth-order valence-corrected chi connectivity index (χ4v) is 4.08. The van der Waals surface area contributed by atoms with Gasteiger partial charge in [0.05, 0.1) is 0 Å². The minimum atomic E-state index is -1.11. The summed E-state index contributed by atoms with van der Waals surface area (Å²) >= 11 is 1.47. The summed E-state index contributed by atoms with van der Waals surface area (Å²) in [6.45, 7) is 4.94. The van der Waals surface area contributed by atoms with Crippen molar-refractivity contribution in [3.8, 4) is 0 Å². The average molecular weight is 352 g/mol. The van der Waals surface area contributed by atoms with Crippen molar-refractivity contribution in [1.29, 1.82) is 5.41 Å². The molecular formula is C14H20N6O3S. The van der Waals surface area contributed by atoms with Crippen LogP contribution in [0.5, 0.6) is 0 Å². The number of thioether (sulfide) groups is 1. The van der Waals surface area contributed by atoms with E-state index in [9.17, 15) is 14.7 Å². The molecule has 0 saturated carbocycles. The van der Waals surface area contributed by atoms with Gasteiger partial charge in [-0.1, -0.05) is 0 Å². The number of aliphatic carboxylic acids is 1. The van der Waals surface area contributed by atoms with Crippen LogP contribution >= 0.6 is 11.8 Å². The number of β-lactam (4-membered cyclic amide) rings is 1. The Bertz CT molecular complexity index is 642. The highest BCUT2D eigenvalue weighted by atomic mass is 32.2. The van der Waals surface area contributed by atoms with E-state index in [1.165, 1.54) is 21.7 Å². The molecule has 130 valence electrons. The van der Waals surface area contributed by atoms with E-state index in [-0.39, 0.29) is 16.9 Å². The molecule has 0 aromatic rings. The van der Waals surface area contributed by atoms with Gasteiger partial charge in [0.2, 0.25) is 5.96 Å². The first-order chi connectivity index (χ1) is 11.4. The van der Waals surface area contributed by atoms with Crippen molar-refractivity contribution in [3.05, 3.63) is 11.8 Å². The zero-order valence-electron chi connectivity index (χ0n) is 13.5. The van der Waals surface area contributed by atoms with Crippen LogP contribution in [0.25, 0.3) is 0 Å². The monoisotopic (exact) mass is 352 g/mol. The number of nitrogens with one attached hydrogen (secondary N) is 2. The van der Waals surface area contributed by atoms with E-state index < -0.39 is 17.3 Å². The van der Waals surface area contributed by atoms with Gasteiger partial charge in [-0.3, -0.25) is 15.1 Å². The third kappa shape index (κ3) is 2.86. The zero-order chi connectivity index (χ0) is 17.4. The van der Waals surface area contributed by atoms with Gasteiger partial charge in [0.15, 0.2) is 5.71 Å². The first kappa shape index (κ1) is 16.8. The van der Waals surface area contributed by atoms with Crippen molar-refractivity contribution in [2.75, 3.05) is 33.2 Å². The van der Waals surface area contributed by atoms with Crippen molar-refractivity contribution in [2.45, 2.75) is 17.5 Å². The molecule has 0 radical (unpaired) electrons. The van der Waals surface area contributed by atoms with E-state index in [2.05, 4.69) is 10.4 Å². The number of hydrogen-bond acceptors (Lipinski definition) is 6. The van der Waals surface area contributed by atoms with Crippen LogP contribution in [0.1, 0.15) is 6.92 Å². The lowest BCUT2D eigenvalue weighted by Gasteiger charge is -2.44. The Kier molecular flexibility index (Phi) is 4.50. The Morgan fingerprint density at radius 3 is 2.79 bits per heavy atom. The molecule has 0 bridgehead atoms. The molecule has 9 nitrogen and oxygen atoms in total. The van der Waals surface area contributed by atoms with Gasteiger partial charge in [0.1, 0.15) is 11.1 Å². The van der Waals surface area contributed by atoms with E-state index in [0.717, 1.165) is 26.2 Å². The summed E-state index contributed by atoms with van der Waals surface area (Å²) in [6.07, 6.45) is 1.57. The summed E-state index contributed by atoms with van der Waals surface area (Å²) in [5, 5.41) is 25.9. The standard InChI is InChI=1S/C14H20N6O3S/c1-8-7-9(13(22)23)20-11(21)10(12(20)24-8)17-18(2)14(15)19-5-3-16-4-6-19/h7-8,12,15-16H,3-6H2,1-2H3,(H,22,23)/b15-14?,17-10+/t8?,12-/m1/s1. The number of carboxylic acid groups (broad SMARTS) is 1. The molecule has 10 heteroatoms. The minimum absolute atomic E-state index is 0.00929. The number of carbonyl (C=O) groups excluding carboxylic acids is 1. The highest BCUT2D eigenvalue weighted by Gasteiger charge is 2.51. The number of amides is 1. The van der Waals surface area contributed by atoms with Crippen LogP contribution in [-0.2, 0) is 9.59 Å². The molecule has 0 aromatic carbocycles. The van der Waals surface area contributed by atoms with Crippen molar-refractivity contribution in [3.63, 3.8) is 0 Å². The number of carboxylic acids is 1. The number of rotatable bonds is 2. The molecule has 2 atom stereocenters. The van der Waals surface area contributed by atoms with Gasteiger partial charge in [-0.2, -0.15) is 5.10 Å². The molecule has 3 heterocycles. The first-order valence-electron chi connectivity index (χ1n) is 7.70. The molecule has 0 spiro atoms. The van der Waals surface area contributed by atoms with Crippen LogP contribution in [0.4, 0.5) is 0 Å². The number of hydrazone groups is 1. The van der Waals surface area contributed by atoms with Gasteiger partial charge in [-0.05, 0) is 13.0 Å². The lowest BCUT2D eigenvalue weighted by molar-refractivity contribution is -0.139. The molecule has 1 unspecified atom stereocenters. The summed E-state index contributed by atoms with van der Waals surface area (Å²) in [5.74, 6) is -1.28. The summed E-state index contributed by atoms with van der Waals surface area (Å²) in [6, 6.07) is 0. The highest BCUT2D eigenvalue weighted by Crippen LogP contribution is 2.39. The second-order valence-electron chi connectivity index (χ2n) is 5.80. The summed E-state index contributed by atoms with van der Waals surface area (Å²) in [7, 11) is 1.64. The second-order valence-corrected chi connectivity index (χ2v) is 7.26. The molecule has 3 N–H and O–H groups in total. The molecular weight excluding hydrogens is 332 g/mol. The molecule has 3 rings (SSSR count).